The predicted octanol–water partition coefficient (Wildman–Crippen LogP) is 1.06. The summed E-state index contributed by atoms with van der Waals surface area (Å²) in [6.07, 6.45) is 0. The molecule has 1 unspecified atom stereocenters. The number of rotatable bonds is 3. The van der Waals surface area contributed by atoms with Crippen LogP contribution in [0.25, 0.3) is 0 Å². The van der Waals surface area contributed by atoms with Crippen molar-refractivity contribution < 1.29 is 4.21 Å². The molecule has 2 nitrogen and oxygen atoms in total. The van der Waals surface area contributed by atoms with Crippen LogP contribution in [0, 0.1) is 6.92 Å². The minimum Gasteiger partial charge on any atom is -0.330 e. The number of aryl methyl sites for hydroxylation is 1. The van der Waals surface area contributed by atoms with E-state index in [-0.39, 0.29) is 0 Å². The molecule has 2 N–H and O–H groups in total. The molecule has 0 heterocycles. The molecule has 0 aliphatic carbocycles. The Hall–Kier alpha value is -0.670. The predicted molar refractivity (Wildman–Crippen MR) is 51.5 cm³/mol. The van der Waals surface area contributed by atoms with Crippen LogP contribution in [0.2, 0.25) is 0 Å². The normalized spacial score (nSPS) is 12.8. The van der Waals surface area contributed by atoms with Crippen molar-refractivity contribution >= 4 is 10.8 Å². The monoisotopic (exact) mass is 183 g/mol. The van der Waals surface area contributed by atoms with Crippen LogP contribution in [0.3, 0.4) is 0 Å². The van der Waals surface area contributed by atoms with Crippen molar-refractivity contribution in [2.24, 2.45) is 5.73 Å². The van der Waals surface area contributed by atoms with Crippen LogP contribution in [0.4, 0.5) is 0 Å². The number of benzene rings is 1. The molecule has 66 valence electrons. The van der Waals surface area contributed by atoms with Gasteiger partial charge >= 0.3 is 0 Å². The number of nitrogens with two attached hydrogens (primary N) is 1. The second-order valence-corrected chi connectivity index (χ2v) is 4.22. The van der Waals surface area contributed by atoms with E-state index in [4.69, 9.17) is 5.73 Å². The molecule has 0 fully saturated rings. The van der Waals surface area contributed by atoms with Crippen molar-refractivity contribution in [2.45, 2.75) is 11.8 Å². The molecule has 0 radical (unpaired) electrons. The van der Waals surface area contributed by atoms with Crippen LogP contribution in [-0.4, -0.2) is 16.5 Å². The highest BCUT2D eigenvalue weighted by Gasteiger charge is 2.00. The van der Waals surface area contributed by atoms with Crippen LogP contribution in [0.5, 0.6) is 0 Å². The van der Waals surface area contributed by atoms with Crippen molar-refractivity contribution in [3.8, 4) is 0 Å². The van der Waals surface area contributed by atoms with Gasteiger partial charge in [0.2, 0.25) is 0 Å². The lowest BCUT2D eigenvalue weighted by atomic mass is 10.2. The van der Waals surface area contributed by atoms with Crippen LogP contribution in [-0.2, 0) is 10.8 Å². The molecule has 1 rings (SSSR count). The highest BCUT2D eigenvalue weighted by molar-refractivity contribution is 7.85. The van der Waals surface area contributed by atoms with Crippen LogP contribution < -0.4 is 5.73 Å². The molecular weight excluding hydrogens is 170 g/mol. The van der Waals surface area contributed by atoms with E-state index in [2.05, 4.69) is 0 Å². The van der Waals surface area contributed by atoms with Gasteiger partial charge in [-0.1, -0.05) is 17.7 Å². The summed E-state index contributed by atoms with van der Waals surface area (Å²) in [4.78, 5) is 0.867. The molecule has 0 aromatic heterocycles. The highest BCUT2D eigenvalue weighted by Crippen LogP contribution is 2.07. The third-order valence-corrected chi connectivity index (χ3v) is 2.99. The number of hydrogen-bond acceptors (Lipinski definition) is 2. The summed E-state index contributed by atoms with van der Waals surface area (Å²) in [5.41, 5.74) is 6.49. The standard InChI is InChI=1S/C9H13NOS/c1-8-2-4-9(5-3-8)12(11)7-6-10/h2-5H,6-7,10H2,1H3. The van der Waals surface area contributed by atoms with Crippen LogP contribution in [0.1, 0.15) is 5.56 Å². The molecule has 3 heteroatoms. The first-order valence-corrected chi connectivity index (χ1v) is 5.21. The summed E-state index contributed by atoms with van der Waals surface area (Å²) < 4.78 is 11.4. The van der Waals surface area contributed by atoms with Gasteiger partial charge in [0, 0.05) is 17.2 Å². The van der Waals surface area contributed by atoms with Gasteiger partial charge in [-0.3, -0.25) is 4.21 Å². The zero-order valence-corrected chi connectivity index (χ0v) is 7.93. The van der Waals surface area contributed by atoms with E-state index in [1.54, 1.807) is 0 Å². The first-order valence-electron chi connectivity index (χ1n) is 3.89. The Labute approximate surface area is 75.2 Å². The molecule has 1 aromatic rings. The lowest BCUT2D eigenvalue weighted by Gasteiger charge is -1.99. The topological polar surface area (TPSA) is 43.1 Å². The van der Waals surface area contributed by atoms with Crippen molar-refractivity contribution in [3.05, 3.63) is 29.8 Å². The molecule has 0 bridgehead atoms. The van der Waals surface area contributed by atoms with Gasteiger partial charge in [0.25, 0.3) is 0 Å². The Morgan fingerprint density at radius 3 is 2.42 bits per heavy atom. The van der Waals surface area contributed by atoms with E-state index in [1.807, 2.05) is 31.2 Å². The Bertz CT molecular complexity index is 268. The smallest absolute Gasteiger partial charge is 0.0542 e. The van der Waals surface area contributed by atoms with Crippen molar-refractivity contribution in [1.82, 2.24) is 0 Å². The summed E-state index contributed by atoms with van der Waals surface area (Å²) in [7, 11) is -0.917. The molecule has 0 aliphatic heterocycles. The van der Waals surface area contributed by atoms with Crippen LogP contribution in [0.15, 0.2) is 29.2 Å². The Morgan fingerprint density at radius 2 is 1.92 bits per heavy atom. The van der Waals surface area contributed by atoms with Gasteiger partial charge in [-0.15, -0.1) is 0 Å². The average Bonchev–Trinajstić information content (AvgIpc) is 2.06. The molecule has 0 saturated heterocycles. The van der Waals surface area contributed by atoms with Gasteiger partial charge in [-0.25, -0.2) is 0 Å². The second kappa shape index (κ2) is 4.38. The molecule has 0 spiro atoms. The fourth-order valence-corrected chi connectivity index (χ4v) is 1.80. The average molecular weight is 183 g/mol. The minimum absolute atomic E-state index is 0.473. The maximum atomic E-state index is 11.4. The SMILES string of the molecule is Cc1ccc(S(=O)CCN)cc1. The van der Waals surface area contributed by atoms with Gasteiger partial charge in [-0.2, -0.15) is 0 Å². The van der Waals surface area contributed by atoms with E-state index >= 15 is 0 Å². The van der Waals surface area contributed by atoms with E-state index in [9.17, 15) is 4.21 Å². The quantitative estimate of drug-likeness (QED) is 0.761. The van der Waals surface area contributed by atoms with Gasteiger partial charge in [0.1, 0.15) is 0 Å². The Balaban J connectivity index is 2.75. The molecule has 12 heavy (non-hydrogen) atoms. The lowest BCUT2D eigenvalue weighted by molar-refractivity contribution is 0.682. The van der Waals surface area contributed by atoms with Gasteiger partial charge < -0.3 is 5.73 Å². The number of hydrogen-bond donors (Lipinski definition) is 1. The van der Waals surface area contributed by atoms with Gasteiger partial charge in [0.05, 0.1) is 10.8 Å². The maximum Gasteiger partial charge on any atom is 0.0542 e. The van der Waals surface area contributed by atoms with E-state index in [1.165, 1.54) is 5.56 Å². The first kappa shape index (κ1) is 9.42. The Morgan fingerprint density at radius 1 is 1.33 bits per heavy atom. The molecular formula is C9H13NOS. The molecule has 0 aliphatic rings. The molecule has 1 aromatic carbocycles. The summed E-state index contributed by atoms with van der Waals surface area (Å²) >= 11 is 0. The summed E-state index contributed by atoms with van der Waals surface area (Å²) in [5, 5.41) is 0. The van der Waals surface area contributed by atoms with Crippen LogP contribution >= 0.6 is 0 Å². The van der Waals surface area contributed by atoms with Gasteiger partial charge in [0.15, 0.2) is 0 Å². The largest absolute Gasteiger partial charge is 0.330 e. The molecule has 0 saturated carbocycles. The zero-order chi connectivity index (χ0) is 8.97. The maximum absolute atomic E-state index is 11.4. The van der Waals surface area contributed by atoms with E-state index < -0.39 is 10.8 Å². The Kier molecular flexibility index (Phi) is 3.44. The third kappa shape index (κ3) is 2.43. The van der Waals surface area contributed by atoms with E-state index in [0.29, 0.717) is 12.3 Å². The molecule has 1 atom stereocenters. The zero-order valence-electron chi connectivity index (χ0n) is 7.12. The fraction of sp³-hybridized carbons (Fsp3) is 0.333. The summed E-state index contributed by atoms with van der Waals surface area (Å²) in [6.45, 7) is 2.48. The van der Waals surface area contributed by atoms with Crippen molar-refractivity contribution in [1.29, 1.82) is 0 Å². The highest BCUT2D eigenvalue weighted by atomic mass is 32.2. The second-order valence-electron chi connectivity index (χ2n) is 2.65. The summed E-state index contributed by atoms with van der Waals surface area (Å²) in [5.74, 6) is 0.545. The van der Waals surface area contributed by atoms with Gasteiger partial charge in [-0.05, 0) is 19.1 Å². The molecule has 0 amide bonds. The van der Waals surface area contributed by atoms with Crippen molar-refractivity contribution in [2.75, 3.05) is 12.3 Å². The summed E-state index contributed by atoms with van der Waals surface area (Å²) in [6, 6.07) is 7.70. The lowest BCUT2D eigenvalue weighted by Crippen LogP contribution is -2.10. The third-order valence-electron chi connectivity index (χ3n) is 1.59. The van der Waals surface area contributed by atoms with Crippen molar-refractivity contribution in [3.63, 3.8) is 0 Å². The first-order chi connectivity index (χ1) is 5.74. The fourth-order valence-electron chi connectivity index (χ4n) is 0.915. The minimum atomic E-state index is -0.917. The van der Waals surface area contributed by atoms with E-state index in [0.717, 1.165) is 4.90 Å².